The molecule has 0 saturated heterocycles. The van der Waals surface area contributed by atoms with Crippen LogP contribution < -0.4 is 5.32 Å². The van der Waals surface area contributed by atoms with Gasteiger partial charge in [0, 0.05) is 18.9 Å². The third-order valence-corrected chi connectivity index (χ3v) is 3.48. The summed E-state index contributed by atoms with van der Waals surface area (Å²) >= 11 is 0. The molecule has 0 aliphatic carbocycles. The molecule has 0 fully saturated rings. The van der Waals surface area contributed by atoms with E-state index in [1.165, 1.54) is 16.7 Å². The molecular weight excluding hydrogens is 234 g/mol. The van der Waals surface area contributed by atoms with E-state index in [2.05, 4.69) is 60.0 Å². The largest absolute Gasteiger partial charge is 0.329 e. The second-order valence-corrected chi connectivity index (χ2v) is 5.02. The molecule has 1 aromatic heterocycles. The van der Waals surface area contributed by atoms with Gasteiger partial charge in [0.25, 0.3) is 0 Å². The Hall–Kier alpha value is -1.61. The van der Waals surface area contributed by atoms with Gasteiger partial charge in [-0.15, -0.1) is 0 Å². The number of nitrogens with zero attached hydrogens (tertiary/aromatic N) is 2. The highest BCUT2D eigenvalue weighted by atomic mass is 15.1. The SMILES string of the molecule is CCCNCc1nccn1Cc1c(C)cccc1C. The van der Waals surface area contributed by atoms with E-state index in [0.29, 0.717) is 0 Å². The minimum atomic E-state index is 0.839. The first-order chi connectivity index (χ1) is 9.22. The average Bonchev–Trinajstić information content (AvgIpc) is 2.82. The fourth-order valence-corrected chi connectivity index (χ4v) is 2.30. The lowest BCUT2D eigenvalue weighted by atomic mass is 10.0. The summed E-state index contributed by atoms with van der Waals surface area (Å²) in [6.45, 7) is 9.31. The molecule has 1 aromatic carbocycles. The van der Waals surface area contributed by atoms with Crippen molar-refractivity contribution in [2.24, 2.45) is 0 Å². The predicted octanol–water partition coefficient (Wildman–Crippen LogP) is 3.05. The van der Waals surface area contributed by atoms with Crippen molar-refractivity contribution < 1.29 is 0 Å². The summed E-state index contributed by atoms with van der Waals surface area (Å²) in [6.07, 6.45) is 5.10. The molecule has 0 amide bonds. The van der Waals surface area contributed by atoms with Crippen LogP contribution in [0, 0.1) is 13.8 Å². The predicted molar refractivity (Wildman–Crippen MR) is 79.2 cm³/mol. The summed E-state index contributed by atoms with van der Waals surface area (Å²) < 4.78 is 2.23. The van der Waals surface area contributed by atoms with Gasteiger partial charge >= 0.3 is 0 Å². The monoisotopic (exact) mass is 257 g/mol. The third-order valence-electron chi connectivity index (χ3n) is 3.48. The summed E-state index contributed by atoms with van der Waals surface area (Å²) in [6, 6.07) is 6.47. The van der Waals surface area contributed by atoms with Crippen LogP contribution in [0.15, 0.2) is 30.6 Å². The van der Waals surface area contributed by atoms with Gasteiger partial charge in [0.1, 0.15) is 5.82 Å². The molecule has 0 atom stereocenters. The molecule has 2 aromatic rings. The van der Waals surface area contributed by atoms with Crippen molar-refractivity contribution in [1.82, 2.24) is 14.9 Å². The number of rotatable bonds is 6. The molecule has 2 rings (SSSR count). The van der Waals surface area contributed by atoms with Gasteiger partial charge in [-0.25, -0.2) is 4.98 Å². The minimum absolute atomic E-state index is 0.839. The number of hydrogen-bond donors (Lipinski definition) is 1. The van der Waals surface area contributed by atoms with Crippen LogP contribution in [0.25, 0.3) is 0 Å². The van der Waals surface area contributed by atoms with E-state index >= 15 is 0 Å². The minimum Gasteiger partial charge on any atom is -0.329 e. The molecule has 0 aliphatic rings. The van der Waals surface area contributed by atoms with Crippen molar-refractivity contribution >= 4 is 0 Å². The summed E-state index contributed by atoms with van der Waals surface area (Å²) in [5.41, 5.74) is 4.10. The fourth-order valence-electron chi connectivity index (χ4n) is 2.30. The van der Waals surface area contributed by atoms with Gasteiger partial charge in [-0.2, -0.15) is 0 Å². The molecule has 3 heteroatoms. The van der Waals surface area contributed by atoms with Gasteiger partial charge in [0.05, 0.1) is 6.54 Å². The van der Waals surface area contributed by atoms with Gasteiger partial charge in [-0.1, -0.05) is 25.1 Å². The zero-order chi connectivity index (χ0) is 13.7. The van der Waals surface area contributed by atoms with Crippen LogP contribution in [0.2, 0.25) is 0 Å². The number of aromatic nitrogens is 2. The fraction of sp³-hybridized carbons (Fsp3) is 0.438. The van der Waals surface area contributed by atoms with Gasteiger partial charge < -0.3 is 9.88 Å². The molecule has 0 unspecified atom stereocenters. The van der Waals surface area contributed by atoms with Crippen molar-refractivity contribution in [3.05, 3.63) is 53.1 Å². The quantitative estimate of drug-likeness (QED) is 0.806. The van der Waals surface area contributed by atoms with Crippen LogP contribution in [0.4, 0.5) is 0 Å². The number of hydrogen-bond acceptors (Lipinski definition) is 2. The van der Waals surface area contributed by atoms with Gasteiger partial charge in [-0.3, -0.25) is 0 Å². The zero-order valence-electron chi connectivity index (χ0n) is 12.1. The van der Waals surface area contributed by atoms with E-state index in [-0.39, 0.29) is 0 Å². The summed E-state index contributed by atoms with van der Waals surface area (Å²) in [5.74, 6) is 1.11. The topological polar surface area (TPSA) is 29.9 Å². The Morgan fingerprint density at radius 1 is 1.21 bits per heavy atom. The molecule has 19 heavy (non-hydrogen) atoms. The molecule has 0 aliphatic heterocycles. The second kappa shape index (κ2) is 6.53. The Balaban J connectivity index is 2.13. The van der Waals surface area contributed by atoms with Crippen LogP contribution in [-0.2, 0) is 13.1 Å². The van der Waals surface area contributed by atoms with Gasteiger partial charge in [0.15, 0.2) is 0 Å². The van der Waals surface area contributed by atoms with E-state index in [9.17, 15) is 0 Å². The van der Waals surface area contributed by atoms with Crippen LogP contribution in [0.5, 0.6) is 0 Å². The maximum atomic E-state index is 4.44. The summed E-state index contributed by atoms with van der Waals surface area (Å²) in [5, 5.41) is 3.41. The van der Waals surface area contributed by atoms with Crippen LogP contribution in [0.3, 0.4) is 0 Å². The first-order valence-corrected chi connectivity index (χ1v) is 6.98. The molecule has 0 saturated carbocycles. The summed E-state index contributed by atoms with van der Waals surface area (Å²) in [7, 11) is 0. The highest BCUT2D eigenvalue weighted by molar-refractivity contribution is 5.33. The number of nitrogens with one attached hydrogen (secondary N) is 1. The Bertz CT molecular complexity index is 508. The van der Waals surface area contributed by atoms with Gasteiger partial charge in [0.2, 0.25) is 0 Å². The Morgan fingerprint density at radius 3 is 2.63 bits per heavy atom. The lowest BCUT2D eigenvalue weighted by molar-refractivity contribution is 0.614. The smallest absolute Gasteiger partial charge is 0.122 e. The van der Waals surface area contributed by atoms with E-state index in [0.717, 1.165) is 31.9 Å². The van der Waals surface area contributed by atoms with Crippen molar-refractivity contribution in [2.45, 2.75) is 40.3 Å². The lowest BCUT2D eigenvalue weighted by Crippen LogP contribution is -2.18. The standard InChI is InChI=1S/C16H23N3/c1-4-8-17-11-16-18-9-10-19(16)12-15-13(2)6-5-7-14(15)3/h5-7,9-10,17H,4,8,11-12H2,1-3H3. The normalized spacial score (nSPS) is 10.9. The molecular formula is C16H23N3. The molecule has 3 nitrogen and oxygen atoms in total. The number of benzene rings is 1. The molecule has 1 N–H and O–H groups in total. The van der Waals surface area contributed by atoms with E-state index in [4.69, 9.17) is 0 Å². The first kappa shape index (κ1) is 13.8. The third kappa shape index (κ3) is 3.44. The lowest BCUT2D eigenvalue weighted by Gasteiger charge is -2.13. The van der Waals surface area contributed by atoms with Crippen molar-refractivity contribution in [3.8, 4) is 0 Å². The Morgan fingerprint density at radius 2 is 1.95 bits per heavy atom. The van der Waals surface area contributed by atoms with Gasteiger partial charge in [-0.05, 0) is 43.5 Å². The van der Waals surface area contributed by atoms with Crippen LogP contribution in [0.1, 0.15) is 35.9 Å². The zero-order valence-corrected chi connectivity index (χ0v) is 12.1. The van der Waals surface area contributed by atoms with Crippen molar-refractivity contribution in [1.29, 1.82) is 0 Å². The highest BCUT2D eigenvalue weighted by Gasteiger charge is 2.06. The van der Waals surface area contributed by atoms with E-state index in [1.807, 2.05) is 6.20 Å². The van der Waals surface area contributed by atoms with E-state index < -0.39 is 0 Å². The average molecular weight is 257 g/mol. The summed E-state index contributed by atoms with van der Waals surface area (Å²) in [4.78, 5) is 4.44. The van der Waals surface area contributed by atoms with Crippen LogP contribution in [-0.4, -0.2) is 16.1 Å². The molecule has 1 heterocycles. The molecule has 0 bridgehead atoms. The molecule has 102 valence electrons. The molecule has 0 spiro atoms. The Labute approximate surface area is 115 Å². The Kier molecular flexibility index (Phi) is 4.74. The van der Waals surface area contributed by atoms with Crippen LogP contribution >= 0.6 is 0 Å². The van der Waals surface area contributed by atoms with Crippen molar-refractivity contribution in [3.63, 3.8) is 0 Å². The number of imidazole rings is 1. The maximum absolute atomic E-state index is 4.44. The maximum Gasteiger partial charge on any atom is 0.122 e. The first-order valence-electron chi connectivity index (χ1n) is 6.98. The highest BCUT2D eigenvalue weighted by Crippen LogP contribution is 2.15. The van der Waals surface area contributed by atoms with Crippen molar-refractivity contribution in [2.75, 3.05) is 6.54 Å². The van der Waals surface area contributed by atoms with E-state index in [1.54, 1.807) is 0 Å². The second-order valence-electron chi connectivity index (χ2n) is 5.02. The number of aryl methyl sites for hydroxylation is 2. The molecule has 0 radical (unpaired) electrons.